The Morgan fingerprint density at radius 1 is 1.50 bits per heavy atom. The van der Waals surface area contributed by atoms with Crippen LogP contribution in [0.15, 0.2) is 17.2 Å². The Morgan fingerprint density at radius 3 is 2.65 bits per heavy atom. The van der Waals surface area contributed by atoms with Crippen LogP contribution in [0.1, 0.15) is 13.8 Å². The van der Waals surface area contributed by atoms with Crippen molar-refractivity contribution in [2.45, 2.75) is 18.7 Å². The standard InChI is InChI=1S/C12H20ClN3O3S/c1-9(2)8-16(4-5-19-3)20(17,18)10-6-11(13)12(14)15-7-10/h6-7,9H,4-5,8H2,1-3H3,(H2,14,15). The van der Waals surface area contributed by atoms with Gasteiger partial charge in [-0.15, -0.1) is 0 Å². The minimum atomic E-state index is -3.66. The SMILES string of the molecule is COCCN(CC(C)C)S(=O)(=O)c1cnc(N)c(Cl)c1. The second-order valence-electron chi connectivity index (χ2n) is 4.79. The van der Waals surface area contributed by atoms with E-state index in [4.69, 9.17) is 22.1 Å². The molecule has 0 saturated carbocycles. The van der Waals surface area contributed by atoms with E-state index in [0.717, 1.165) is 0 Å². The smallest absolute Gasteiger partial charge is 0.244 e. The Morgan fingerprint density at radius 2 is 2.15 bits per heavy atom. The molecule has 1 heterocycles. The van der Waals surface area contributed by atoms with E-state index in [2.05, 4.69) is 4.98 Å². The van der Waals surface area contributed by atoms with Crippen LogP contribution in [0.4, 0.5) is 5.82 Å². The Kier molecular flexibility index (Phi) is 6.19. The highest BCUT2D eigenvalue weighted by Crippen LogP contribution is 2.23. The molecule has 8 heteroatoms. The molecule has 1 rings (SSSR count). The summed E-state index contributed by atoms with van der Waals surface area (Å²) in [4.78, 5) is 3.83. The van der Waals surface area contributed by atoms with Gasteiger partial charge in [-0.05, 0) is 12.0 Å². The predicted octanol–water partition coefficient (Wildman–Crippen LogP) is 1.61. The summed E-state index contributed by atoms with van der Waals surface area (Å²) in [5.41, 5.74) is 5.50. The largest absolute Gasteiger partial charge is 0.383 e. The molecule has 0 bridgehead atoms. The molecule has 6 nitrogen and oxygen atoms in total. The molecule has 0 amide bonds. The van der Waals surface area contributed by atoms with E-state index in [1.807, 2.05) is 13.8 Å². The molecule has 0 radical (unpaired) electrons. The first-order valence-electron chi connectivity index (χ1n) is 6.19. The lowest BCUT2D eigenvalue weighted by Gasteiger charge is -2.23. The Bertz CT molecular complexity index is 549. The van der Waals surface area contributed by atoms with Crippen molar-refractivity contribution >= 4 is 27.4 Å². The molecule has 20 heavy (non-hydrogen) atoms. The second kappa shape index (κ2) is 7.21. The highest BCUT2D eigenvalue weighted by Gasteiger charge is 2.25. The van der Waals surface area contributed by atoms with Crippen LogP contribution in [0.3, 0.4) is 0 Å². The summed E-state index contributed by atoms with van der Waals surface area (Å²) in [7, 11) is -2.13. The van der Waals surface area contributed by atoms with E-state index in [9.17, 15) is 8.42 Å². The molecular formula is C12H20ClN3O3S. The second-order valence-corrected chi connectivity index (χ2v) is 7.13. The number of nitrogen functional groups attached to an aromatic ring is 1. The number of ether oxygens (including phenoxy) is 1. The molecule has 0 aromatic carbocycles. The summed E-state index contributed by atoms with van der Waals surface area (Å²) in [5, 5.41) is 0.127. The average molecular weight is 322 g/mol. The lowest BCUT2D eigenvalue weighted by molar-refractivity contribution is 0.175. The number of halogens is 1. The first-order valence-corrected chi connectivity index (χ1v) is 8.01. The number of methoxy groups -OCH3 is 1. The van der Waals surface area contributed by atoms with Crippen LogP contribution in [0.2, 0.25) is 5.02 Å². The van der Waals surface area contributed by atoms with E-state index >= 15 is 0 Å². The van der Waals surface area contributed by atoms with Crippen LogP contribution >= 0.6 is 11.6 Å². The number of nitrogens with two attached hydrogens (primary N) is 1. The zero-order valence-corrected chi connectivity index (χ0v) is 13.4. The summed E-state index contributed by atoms with van der Waals surface area (Å²) < 4.78 is 31.5. The first kappa shape index (κ1) is 17.2. The molecule has 0 aliphatic carbocycles. The molecule has 0 spiro atoms. The third kappa shape index (κ3) is 4.31. The van der Waals surface area contributed by atoms with Gasteiger partial charge in [-0.3, -0.25) is 0 Å². The van der Waals surface area contributed by atoms with Crippen LogP contribution in [0.25, 0.3) is 0 Å². The molecule has 0 atom stereocenters. The summed E-state index contributed by atoms with van der Waals surface area (Å²) in [6, 6.07) is 1.32. The number of anilines is 1. The van der Waals surface area contributed by atoms with Gasteiger partial charge in [0.15, 0.2) is 0 Å². The van der Waals surface area contributed by atoms with Crippen molar-refractivity contribution in [3.05, 3.63) is 17.3 Å². The van der Waals surface area contributed by atoms with Gasteiger partial charge in [-0.1, -0.05) is 25.4 Å². The van der Waals surface area contributed by atoms with Crippen molar-refractivity contribution in [3.63, 3.8) is 0 Å². The summed E-state index contributed by atoms with van der Waals surface area (Å²) in [5.74, 6) is 0.303. The van der Waals surface area contributed by atoms with Crippen molar-refractivity contribution < 1.29 is 13.2 Å². The Hall–Kier alpha value is -0.890. The van der Waals surface area contributed by atoms with Gasteiger partial charge in [0.1, 0.15) is 10.7 Å². The maximum Gasteiger partial charge on any atom is 0.244 e. The minimum absolute atomic E-state index is 0.0356. The average Bonchev–Trinajstić information content (AvgIpc) is 2.37. The van der Waals surface area contributed by atoms with E-state index in [-0.39, 0.29) is 28.2 Å². The van der Waals surface area contributed by atoms with Crippen molar-refractivity contribution in [3.8, 4) is 0 Å². The Labute approximate surface area is 124 Å². The van der Waals surface area contributed by atoms with Gasteiger partial charge in [-0.2, -0.15) is 4.31 Å². The third-order valence-corrected chi connectivity index (χ3v) is 4.73. The maximum atomic E-state index is 12.6. The molecule has 2 N–H and O–H groups in total. The summed E-state index contributed by atoms with van der Waals surface area (Å²) >= 11 is 5.84. The highest BCUT2D eigenvalue weighted by atomic mass is 35.5. The van der Waals surface area contributed by atoms with Crippen molar-refractivity contribution in [2.75, 3.05) is 32.5 Å². The lowest BCUT2D eigenvalue weighted by Crippen LogP contribution is -2.36. The number of hydrogen-bond donors (Lipinski definition) is 1. The van der Waals surface area contributed by atoms with Gasteiger partial charge < -0.3 is 10.5 Å². The van der Waals surface area contributed by atoms with Crippen molar-refractivity contribution in [2.24, 2.45) is 5.92 Å². The highest BCUT2D eigenvalue weighted by molar-refractivity contribution is 7.89. The molecule has 0 saturated heterocycles. The fourth-order valence-electron chi connectivity index (χ4n) is 1.63. The zero-order chi connectivity index (χ0) is 15.3. The number of nitrogens with zero attached hydrogens (tertiary/aromatic N) is 2. The van der Waals surface area contributed by atoms with Crippen molar-refractivity contribution in [1.29, 1.82) is 0 Å². The van der Waals surface area contributed by atoms with Gasteiger partial charge in [-0.25, -0.2) is 13.4 Å². The van der Waals surface area contributed by atoms with Crippen molar-refractivity contribution in [1.82, 2.24) is 9.29 Å². The number of pyridine rings is 1. The number of hydrogen-bond acceptors (Lipinski definition) is 5. The van der Waals surface area contributed by atoms with Crippen LogP contribution in [-0.4, -0.2) is 44.5 Å². The fraction of sp³-hybridized carbons (Fsp3) is 0.583. The minimum Gasteiger partial charge on any atom is -0.383 e. The number of rotatable bonds is 7. The molecule has 0 unspecified atom stereocenters. The van der Waals surface area contributed by atoms with Crippen LogP contribution < -0.4 is 5.73 Å². The summed E-state index contributed by atoms with van der Waals surface area (Å²) in [6.07, 6.45) is 1.22. The lowest BCUT2D eigenvalue weighted by atomic mass is 10.2. The van der Waals surface area contributed by atoms with E-state index in [1.54, 1.807) is 0 Å². The van der Waals surface area contributed by atoms with E-state index in [1.165, 1.54) is 23.7 Å². The van der Waals surface area contributed by atoms with Gasteiger partial charge in [0.05, 0.1) is 11.6 Å². The fourth-order valence-corrected chi connectivity index (χ4v) is 3.42. The third-order valence-electron chi connectivity index (χ3n) is 2.60. The van der Waals surface area contributed by atoms with Crippen LogP contribution in [-0.2, 0) is 14.8 Å². The number of sulfonamides is 1. The first-order chi connectivity index (χ1) is 9.28. The molecule has 0 aliphatic rings. The molecule has 1 aromatic rings. The molecule has 0 aliphatic heterocycles. The zero-order valence-electron chi connectivity index (χ0n) is 11.8. The monoisotopic (exact) mass is 321 g/mol. The van der Waals surface area contributed by atoms with Gasteiger partial charge >= 0.3 is 0 Å². The molecular weight excluding hydrogens is 302 g/mol. The quantitative estimate of drug-likeness (QED) is 0.824. The van der Waals surface area contributed by atoms with E-state index < -0.39 is 10.0 Å². The predicted molar refractivity (Wildman–Crippen MR) is 79.1 cm³/mol. The van der Waals surface area contributed by atoms with Crippen LogP contribution in [0.5, 0.6) is 0 Å². The van der Waals surface area contributed by atoms with E-state index in [0.29, 0.717) is 13.2 Å². The van der Waals surface area contributed by atoms with Gasteiger partial charge in [0, 0.05) is 26.4 Å². The van der Waals surface area contributed by atoms with Crippen LogP contribution in [0, 0.1) is 5.92 Å². The molecule has 0 fully saturated rings. The number of aromatic nitrogens is 1. The van der Waals surface area contributed by atoms with Gasteiger partial charge in [0.25, 0.3) is 0 Å². The summed E-state index contributed by atoms with van der Waals surface area (Å²) in [6.45, 7) is 4.89. The topological polar surface area (TPSA) is 85.5 Å². The molecule has 1 aromatic heterocycles. The maximum absolute atomic E-state index is 12.6. The Balaban J connectivity index is 3.10. The normalized spacial score (nSPS) is 12.3. The molecule has 114 valence electrons. The van der Waals surface area contributed by atoms with Gasteiger partial charge in [0.2, 0.25) is 10.0 Å².